The number of carbonyl (C=O) groups excluding carboxylic acids is 1. The van der Waals surface area contributed by atoms with Gasteiger partial charge in [0.15, 0.2) is 0 Å². The second-order valence-electron chi connectivity index (χ2n) is 7.45. The van der Waals surface area contributed by atoms with Crippen LogP contribution in [0.25, 0.3) is 0 Å². The van der Waals surface area contributed by atoms with Gasteiger partial charge in [-0.3, -0.25) is 9.89 Å². The zero-order valence-electron chi connectivity index (χ0n) is 15.6. The van der Waals surface area contributed by atoms with Crippen LogP contribution in [-0.4, -0.2) is 59.9 Å². The Bertz CT molecular complexity index is 971. The fraction of sp³-hybridized carbons (Fsp3) is 0.474. The Labute approximate surface area is 159 Å². The van der Waals surface area contributed by atoms with Gasteiger partial charge in [-0.15, -0.1) is 0 Å². The van der Waals surface area contributed by atoms with Crippen molar-refractivity contribution >= 4 is 15.9 Å². The minimum Gasteiger partial charge on any atom is -0.335 e. The number of benzene rings is 1. The van der Waals surface area contributed by atoms with Crippen molar-refractivity contribution in [1.82, 2.24) is 19.4 Å². The standard InChI is InChI=1S/C19H24N4O3S/c1-13-3-6-18(14(2)11-13)27(25,26)23-9-7-22(8-10-23)19(24)17-12-16(20-21-17)15-4-5-15/h3,6,11-12,15H,4-5,7-10H2,1-2H3,(H,20,21). The lowest BCUT2D eigenvalue weighted by Crippen LogP contribution is -2.50. The molecule has 8 heteroatoms. The maximum Gasteiger partial charge on any atom is 0.274 e. The van der Waals surface area contributed by atoms with E-state index in [1.54, 1.807) is 11.0 Å². The van der Waals surface area contributed by atoms with E-state index in [2.05, 4.69) is 10.2 Å². The van der Waals surface area contributed by atoms with E-state index in [9.17, 15) is 13.2 Å². The molecule has 0 radical (unpaired) electrons. The SMILES string of the molecule is Cc1ccc(S(=O)(=O)N2CCN(C(=O)c3cc(C4CC4)[nH]n3)CC2)c(C)c1. The fourth-order valence-electron chi connectivity index (χ4n) is 3.57. The Morgan fingerprint density at radius 3 is 2.44 bits per heavy atom. The van der Waals surface area contributed by atoms with Crippen LogP contribution in [0.4, 0.5) is 0 Å². The first-order chi connectivity index (χ1) is 12.9. The summed E-state index contributed by atoms with van der Waals surface area (Å²) in [7, 11) is -3.55. The maximum atomic E-state index is 13.0. The summed E-state index contributed by atoms with van der Waals surface area (Å²) in [6.07, 6.45) is 2.29. The third kappa shape index (κ3) is 3.51. The number of aromatic nitrogens is 2. The lowest BCUT2D eigenvalue weighted by atomic mass is 10.2. The van der Waals surface area contributed by atoms with Gasteiger partial charge < -0.3 is 4.90 Å². The second kappa shape index (κ2) is 6.76. The average molecular weight is 388 g/mol. The molecule has 0 unspecified atom stereocenters. The number of amides is 1. The molecule has 1 aromatic heterocycles. The number of carbonyl (C=O) groups is 1. The van der Waals surface area contributed by atoms with E-state index >= 15 is 0 Å². The molecule has 2 heterocycles. The third-order valence-electron chi connectivity index (χ3n) is 5.31. The van der Waals surface area contributed by atoms with Gasteiger partial charge in [-0.25, -0.2) is 8.42 Å². The summed E-state index contributed by atoms with van der Waals surface area (Å²) >= 11 is 0. The lowest BCUT2D eigenvalue weighted by molar-refractivity contribution is 0.0692. The monoisotopic (exact) mass is 388 g/mol. The Morgan fingerprint density at radius 2 is 1.81 bits per heavy atom. The van der Waals surface area contributed by atoms with Crippen LogP contribution in [0, 0.1) is 13.8 Å². The van der Waals surface area contributed by atoms with E-state index in [1.165, 1.54) is 4.31 Å². The molecular formula is C19H24N4O3S. The molecular weight excluding hydrogens is 364 g/mol. The molecule has 1 aliphatic carbocycles. The largest absolute Gasteiger partial charge is 0.335 e. The molecule has 0 spiro atoms. The van der Waals surface area contributed by atoms with Gasteiger partial charge in [0, 0.05) is 37.8 Å². The molecule has 2 aliphatic rings. The molecule has 1 N–H and O–H groups in total. The van der Waals surface area contributed by atoms with Crippen molar-refractivity contribution in [2.45, 2.75) is 37.5 Å². The Hall–Kier alpha value is -2.19. The van der Waals surface area contributed by atoms with Crippen LogP contribution in [-0.2, 0) is 10.0 Å². The van der Waals surface area contributed by atoms with Crippen LogP contribution in [0.5, 0.6) is 0 Å². The highest BCUT2D eigenvalue weighted by Crippen LogP contribution is 2.39. The van der Waals surface area contributed by atoms with E-state index in [4.69, 9.17) is 0 Å². The number of nitrogens with zero attached hydrogens (tertiary/aromatic N) is 3. The third-order valence-corrected chi connectivity index (χ3v) is 7.37. The van der Waals surface area contributed by atoms with Gasteiger partial charge >= 0.3 is 0 Å². The summed E-state index contributed by atoms with van der Waals surface area (Å²) in [6, 6.07) is 7.19. The summed E-state index contributed by atoms with van der Waals surface area (Å²) in [5.41, 5.74) is 3.22. The van der Waals surface area contributed by atoms with Crippen molar-refractivity contribution in [3.05, 3.63) is 46.8 Å². The van der Waals surface area contributed by atoms with Crippen LogP contribution in [0.1, 0.15) is 46.1 Å². The topological polar surface area (TPSA) is 86.4 Å². The van der Waals surface area contributed by atoms with E-state index in [0.29, 0.717) is 42.7 Å². The van der Waals surface area contributed by atoms with Gasteiger partial charge in [-0.1, -0.05) is 17.7 Å². The predicted molar refractivity (Wildman–Crippen MR) is 101 cm³/mol. The highest BCUT2D eigenvalue weighted by Gasteiger charge is 2.32. The highest BCUT2D eigenvalue weighted by atomic mass is 32.2. The van der Waals surface area contributed by atoms with Gasteiger partial charge in [-0.2, -0.15) is 9.40 Å². The van der Waals surface area contributed by atoms with Crippen LogP contribution in [0.2, 0.25) is 0 Å². The number of sulfonamides is 1. The minimum atomic E-state index is -3.55. The minimum absolute atomic E-state index is 0.137. The molecule has 0 bridgehead atoms. The fourth-order valence-corrected chi connectivity index (χ4v) is 5.20. The van der Waals surface area contributed by atoms with Crippen molar-refractivity contribution in [2.24, 2.45) is 0 Å². The molecule has 1 saturated heterocycles. The van der Waals surface area contributed by atoms with Gasteiger partial charge in [-0.05, 0) is 44.4 Å². The number of hydrogen-bond acceptors (Lipinski definition) is 4. The second-order valence-corrected chi connectivity index (χ2v) is 9.35. The smallest absolute Gasteiger partial charge is 0.274 e. The number of piperazine rings is 1. The number of H-pyrrole nitrogens is 1. The average Bonchev–Trinajstić information content (AvgIpc) is 3.38. The number of aromatic amines is 1. The number of nitrogens with one attached hydrogen (secondary N) is 1. The van der Waals surface area contributed by atoms with Crippen LogP contribution < -0.4 is 0 Å². The van der Waals surface area contributed by atoms with Crippen molar-refractivity contribution < 1.29 is 13.2 Å². The van der Waals surface area contributed by atoms with E-state index in [-0.39, 0.29) is 5.91 Å². The molecule has 0 atom stereocenters. The van der Waals surface area contributed by atoms with Crippen LogP contribution in [0.15, 0.2) is 29.2 Å². The maximum absolute atomic E-state index is 13.0. The number of hydrogen-bond donors (Lipinski definition) is 1. The highest BCUT2D eigenvalue weighted by molar-refractivity contribution is 7.89. The Kier molecular flexibility index (Phi) is 4.55. The number of rotatable bonds is 4. The van der Waals surface area contributed by atoms with Crippen molar-refractivity contribution in [2.75, 3.05) is 26.2 Å². The van der Waals surface area contributed by atoms with Gasteiger partial charge in [0.2, 0.25) is 10.0 Å². The molecule has 27 heavy (non-hydrogen) atoms. The molecule has 7 nitrogen and oxygen atoms in total. The molecule has 1 amide bonds. The van der Waals surface area contributed by atoms with E-state index in [0.717, 1.165) is 29.7 Å². The molecule has 144 valence electrons. The molecule has 2 fully saturated rings. The summed E-state index contributed by atoms with van der Waals surface area (Å²) < 4.78 is 27.4. The lowest BCUT2D eigenvalue weighted by Gasteiger charge is -2.33. The summed E-state index contributed by atoms with van der Waals surface area (Å²) in [6.45, 7) is 5.08. The molecule has 1 saturated carbocycles. The van der Waals surface area contributed by atoms with E-state index in [1.807, 2.05) is 32.0 Å². The Morgan fingerprint density at radius 1 is 1.11 bits per heavy atom. The van der Waals surface area contributed by atoms with Crippen molar-refractivity contribution in [3.63, 3.8) is 0 Å². The van der Waals surface area contributed by atoms with Crippen LogP contribution >= 0.6 is 0 Å². The van der Waals surface area contributed by atoms with E-state index < -0.39 is 10.0 Å². The molecule has 2 aromatic rings. The zero-order valence-corrected chi connectivity index (χ0v) is 16.4. The Balaban J connectivity index is 1.43. The first kappa shape index (κ1) is 18.2. The number of aryl methyl sites for hydroxylation is 2. The first-order valence-electron chi connectivity index (χ1n) is 9.28. The van der Waals surface area contributed by atoms with Gasteiger partial charge in [0.1, 0.15) is 5.69 Å². The summed E-state index contributed by atoms with van der Waals surface area (Å²) in [5, 5.41) is 7.09. The van der Waals surface area contributed by atoms with Gasteiger partial charge in [0.25, 0.3) is 5.91 Å². The first-order valence-corrected chi connectivity index (χ1v) is 10.7. The molecule has 1 aromatic carbocycles. The quantitative estimate of drug-likeness (QED) is 0.869. The van der Waals surface area contributed by atoms with Gasteiger partial charge in [0.05, 0.1) is 4.90 Å². The molecule has 1 aliphatic heterocycles. The van der Waals surface area contributed by atoms with Crippen molar-refractivity contribution in [1.29, 1.82) is 0 Å². The predicted octanol–water partition coefficient (Wildman–Crippen LogP) is 2.05. The summed E-state index contributed by atoms with van der Waals surface area (Å²) in [5.74, 6) is 0.375. The van der Waals surface area contributed by atoms with Crippen molar-refractivity contribution in [3.8, 4) is 0 Å². The normalized spacial score (nSPS) is 18.7. The molecule has 4 rings (SSSR count). The van der Waals surface area contributed by atoms with Crippen LogP contribution in [0.3, 0.4) is 0 Å². The zero-order chi connectivity index (χ0) is 19.2. The summed E-state index contributed by atoms with van der Waals surface area (Å²) in [4.78, 5) is 14.7.